The van der Waals surface area contributed by atoms with Gasteiger partial charge in [0.1, 0.15) is 5.60 Å². The van der Waals surface area contributed by atoms with Crippen LogP contribution in [0.3, 0.4) is 0 Å². The summed E-state index contributed by atoms with van der Waals surface area (Å²) in [5, 5.41) is 0.745. The molecule has 23 heavy (non-hydrogen) atoms. The Balaban J connectivity index is 2.55. The van der Waals surface area contributed by atoms with Crippen molar-refractivity contribution >= 4 is 22.0 Å². The van der Waals surface area contributed by atoms with E-state index in [4.69, 9.17) is 9.47 Å². The van der Waals surface area contributed by atoms with Gasteiger partial charge in [0, 0.05) is 18.5 Å². The Labute approximate surface area is 150 Å². The lowest BCUT2D eigenvalue weighted by molar-refractivity contribution is -0.0778. The zero-order valence-corrected chi connectivity index (χ0v) is 17.3. The monoisotopic (exact) mass is 391 g/mol. The van der Waals surface area contributed by atoms with Gasteiger partial charge in [0.25, 0.3) is 0 Å². The number of nitrogens with zero attached hydrogens (tertiary/aromatic N) is 1. The Morgan fingerprint density at radius 2 is 1.87 bits per heavy atom. The first-order chi connectivity index (χ1) is 10.5. The van der Waals surface area contributed by atoms with E-state index in [1.807, 2.05) is 20.8 Å². The largest absolute Gasteiger partial charge is 0.444 e. The number of hydrogen-bond acceptors (Lipinski definition) is 3. The third kappa shape index (κ3) is 7.88. The minimum atomic E-state index is -0.459. The molecule has 1 aliphatic heterocycles. The Morgan fingerprint density at radius 1 is 1.22 bits per heavy atom. The van der Waals surface area contributed by atoms with Gasteiger partial charge in [-0.3, -0.25) is 0 Å². The number of amides is 1. The Bertz CT molecular complexity index is 387. The Hall–Kier alpha value is -0.290. The van der Waals surface area contributed by atoms with Crippen molar-refractivity contribution in [2.75, 3.05) is 25.0 Å². The smallest absolute Gasteiger partial charge is 0.410 e. The zero-order chi connectivity index (χ0) is 17.7. The highest BCUT2D eigenvalue weighted by atomic mass is 79.9. The summed E-state index contributed by atoms with van der Waals surface area (Å²) >= 11 is 3.59. The molecule has 1 saturated heterocycles. The lowest BCUT2D eigenvalue weighted by atomic mass is 9.90. The molecule has 0 saturated carbocycles. The van der Waals surface area contributed by atoms with Gasteiger partial charge < -0.3 is 14.4 Å². The number of carbonyl (C=O) groups is 1. The summed E-state index contributed by atoms with van der Waals surface area (Å²) in [6.07, 6.45) is 3.88. The standard InChI is InChI=1S/C18H34BrNO3/c1-16(2,3)9-8-12-22-18(13-19)10-7-11-20(14-18)15(21)23-17(4,5)6/h7-14H2,1-6H3. The van der Waals surface area contributed by atoms with E-state index in [2.05, 4.69) is 36.7 Å². The summed E-state index contributed by atoms with van der Waals surface area (Å²) in [4.78, 5) is 14.1. The maximum absolute atomic E-state index is 12.3. The molecule has 1 rings (SSSR count). The summed E-state index contributed by atoms with van der Waals surface area (Å²) in [6.45, 7) is 14.5. The second-order valence-electron chi connectivity index (χ2n) is 8.83. The molecule has 1 heterocycles. The van der Waals surface area contributed by atoms with Crippen LogP contribution in [-0.2, 0) is 9.47 Å². The van der Waals surface area contributed by atoms with Crippen molar-refractivity contribution < 1.29 is 14.3 Å². The highest BCUT2D eigenvalue weighted by molar-refractivity contribution is 9.09. The maximum Gasteiger partial charge on any atom is 0.410 e. The third-order valence-corrected chi connectivity index (χ3v) is 4.94. The van der Waals surface area contributed by atoms with Gasteiger partial charge in [-0.2, -0.15) is 0 Å². The molecule has 0 aromatic rings. The predicted octanol–water partition coefficient (Wildman–Crippen LogP) is 4.99. The van der Waals surface area contributed by atoms with E-state index in [1.165, 1.54) is 0 Å². The van der Waals surface area contributed by atoms with Crippen LogP contribution < -0.4 is 0 Å². The minimum absolute atomic E-state index is 0.235. The van der Waals surface area contributed by atoms with Crippen LogP contribution in [0.2, 0.25) is 0 Å². The van der Waals surface area contributed by atoms with E-state index in [0.29, 0.717) is 12.0 Å². The molecular weight excluding hydrogens is 358 g/mol. The highest BCUT2D eigenvalue weighted by Gasteiger charge is 2.38. The molecule has 0 aliphatic carbocycles. The normalized spacial score (nSPS) is 23.0. The average Bonchev–Trinajstić information content (AvgIpc) is 2.41. The van der Waals surface area contributed by atoms with Crippen molar-refractivity contribution in [3.05, 3.63) is 0 Å². The molecule has 1 amide bonds. The molecule has 0 spiro atoms. The quantitative estimate of drug-likeness (QED) is 0.489. The van der Waals surface area contributed by atoms with Crippen LogP contribution in [0.1, 0.15) is 67.2 Å². The Kier molecular flexibility index (Phi) is 7.39. The third-order valence-electron chi connectivity index (χ3n) is 3.91. The number of halogens is 1. The molecule has 4 nitrogen and oxygen atoms in total. The number of alkyl halides is 1. The molecule has 0 aromatic carbocycles. The average molecular weight is 392 g/mol. The van der Waals surface area contributed by atoms with Gasteiger partial charge in [-0.05, 0) is 51.9 Å². The number of rotatable bonds is 5. The second-order valence-corrected chi connectivity index (χ2v) is 9.40. The summed E-state index contributed by atoms with van der Waals surface area (Å²) in [7, 11) is 0. The van der Waals surface area contributed by atoms with Crippen molar-refractivity contribution in [3.8, 4) is 0 Å². The summed E-state index contributed by atoms with van der Waals surface area (Å²) in [5.74, 6) is 0. The van der Waals surface area contributed by atoms with Gasteiger partial charge in [-0.1, -0.05) is 36.7 Å². The van der Waals surface area contributed by atoms with Crippen LogP contribution in [0.15, 0.2) is 0 Å². The minimum Gasteiger partial charge on any atom is -0.444 e. The summed E-state index contributed by atoms with van der Waals surface area (Å²) in [6, 6.07) is 0. The fraction of sp³-hybridized carbons (Fsp3) is 0.944. The first kappa shape index (κ1) is 20.8. The van der Waals surface area contributed by atoms with E-state index in [1.54, 1.807) is 4.90 Å². The van der Waals surface area contributed by atoms with E-state index < -0.39 is 5.60 Å². The zero-order valence-electron chi connectivity index (χ0n) is 15.7. The Morgan fingerprint density at radius 3 is 2.39 bits per heavy atom. The molecule has 0 N–H and O–H groups in total. The number of likely N-dealkylation sites (tertiary alicyclic amines) is 1. The number of carbonyl (C=O) groups excluding carboxylic acids is 1. The summed E-state index contributed by atoms with van der Waals surface area (Å²) in [5.41, 5.74) is -0.410. The van der Waals surface area contributed by atoms with Crippen LogP contribution in [0.4, 0.5) is 4.79 Å². The lowest BCUT2D eigenvalue weighted by Crippen LogP contribution is -2.54. The number of ether oxygens (including phenoxy) is 2. The number of piperidine rings is 1. The predicted molar refractivity (Wildman–Crippen MR) is 98.2 cm³/mol. The number of hydrogen-bond donors (Lipinski definition) is 0. The molecule has 5 heteroatoms. The van der Waals surface area contributed by atoms with Crippen LogP contribution in [0.25, 0.3) is 0 Å². The van der Waals surface area contributed by atoms with Crippen LogP contribution >= 0.6 is 15.9 Å². The van der Waals surface area contributed by atoms with Crippen molar-refractivity contribution in [1.29, 1.82) is 0 Å². The highest BCUT2D eigenvalue weighted by Crippen LogP contribution is 2.29. The van der Waals surface area contributed by atoms with E-state index >= 15 is 0 Å². The molecule has 1 fully saturated rings. The second kappa shape index (κ2) is 8.19. The molecule has 1 aliphatic rings. The van der Waals surface area contributed by atoms with Gasteiger partial charge in [-0.25, -0.2) is 4.79 Å². The summed E-state index contributed by atoms with van der Waals surface area (Å²) < 4.78 is 11.7. The van der Waals surface area contributed by atoms with Gasteiger partial charge >= 0.3 is 6.09 Å². The van der Waals surface area contributed by atoms with E-state index in [0.717, 1.165) is 44.2 Å². The molecule has 0 bridgehead atoms. The SMILES string of the molecule is CC(C)(C)CCCOC1(CBr)CCCN(C(=O)OC(C)(C)C)C1. The van der Waals surface area contributed by atoms with Crippen molar-refractivity contribution in [3.63, 3.8) is 0 Å². The van der Waals surface area contributed by atoms with Crippen LogP contribution in [0, 0.1) is 5.41 Å². The van der Waals surface area contributed by atoms with Crippen molar-refractivity contribution in [2.24, 2.45) is 5.41 Å². The van der Waals surface area contributed by atoms with E-state index in [9.17, 15) is 4.79 Å². The topological polar surface area (TPSA) is 38.8 Å². The molecule has 0 aromatic heterocycles. The maximum atomic E-state index is 12.3. The van der Waals surface area contributed by atoms with Crippen LogP contribution in [-0.4, -0.2) is 47.2 Å². The fourth-order valence-electron chi connectivity index (χ4n) is 2.74. The first-order valence-electron chi connectivity index (χ1n) is 8.64. The van der Waals surface area contributed by atoms with Crippen LogP contribution in [0.5, 0.6) is 0 Å². The van der Waals surface area contributed by atoms with Gasteiger partial charge in [0.2, 0.25) is 0 Å². The molecule has 136 valence electrons. The molecule has 1 unspecified atom stereocenters. The fourth-order valence-corrected chi connectivity index (χ4v) is 3.36. The first-order valence-corrected chi connectivity index (χ1v) is 9.76. The molecule has 0 radical (unpaired) electrons. The van der Waals surface area contributed by atoms with Gasteiger partial charge in [-0.15, -0.1) is 0 Å². The van der Waals surface area contributed by atoms with Crippen molar-refractivity contribution in [2.45, 2.75) is 78.4 Å². The lowest BCUT2D eigenvalue weighted by Gasteiger charge is -2.42. The van der Waals surface area contributed by atoms with Crippen molar-refractivity contribution in [1.82, 2.24) is 4.90 Å². The molecule has 1 atom stereocenters. The van der Waals surface area contributed by atoms with Gasteiger partial charge in [0.15, 0.2) is 0 Å². The van der Waals surface area contributed by atoms with E-state index in [-0.39, 0.29) is 11.7 Å². The molecular formula is C18H34BrNO3. The van der Waals surface area contributed by atoms with Gasteiger partial charge in [0.05, 0.1) is 12.1 Å².